The van der Waals surface area contributed by atoms with Gasteiger partial charge in [0.25, 0.3) is 5.78 Å². The van der Waals surface area contributed by atoms with Crippen LogP contribution in [0.25, 0.3) is 5.78 Å². The molecule has 1 fully saturated rings. The van der Waals surface area contributed by atoms with Gasteiger partial charge in [0.1, 0.15) is 12.4 Å². The molecule has 0 radical (unpaired) electrons. The molecule has 0 aliphatic carbocycles. The predicted molar refractivity (Wildman–Crippen MR) is 109 cm³/mol. The smallest absolute Gasteiger partial charge is 0.352 e. The number of rotatable bonds is 5. The van der Waals surface area contributed by atoms with Crippen LogP contribution >= 0.6 is 0 Å². The highest BCUT2D eigenvalue weighted by atomic mass is 19.1. The lowest BCUT2D eigenvalue weighted by Crippen LogP contribution is -2.34. The molecule has 0 spiro atoms. The van der Waals surface area contributed by atoms with Crippen molar-refractivity contribution in [2.45, 2.75) is 26.3 Å². The summed E-state index contributed by atoms with van der Waals surface area (Å²) in [5.41, 5.74) is -0.207. The number of halogens is 1. The highest BCUT2D eigenvalue weighted by Gasteiger charge is 2.19. The van der Waals surface area contributed by atoms with E-state index < -0.39 is 17.4 Å². The van der Waals surface area contributed by atoms with Crippen LogP contribution in [0.1, 0.15) is 19.8 Å². The molecule has 30 heavy (non-hydrogen) atoms. The minimum atomic E-state index is -0.594. The van der Waals surface area contributed by atoms with Crippen molar-refractivity contribution >= 4 is 23.2 Å². The number of amides is 1. The minimum Gasteiger partial charge on any atom is -0.494 e. The van der Waals surface area contributed by atoms with E-state index in [0.29, 0.717) is 5.92 Å². The Bertz CT molecular complexity index is 1140. The second-order valence-corrected chi connectivity index (χ2v) is 7.49. The number of fused-ring (bicyclic) bond motifs is 1. The van der Waals surface area contributed by atoms with E-state index in [4.69, 9.17) is 4.74 Å². The summed E-state index contributed by atoms with van der Waals surface area (Å²) >= 11 is 0. The van der Waals surface area contributed by atoms with Crippen molar-refractivity contribution in [3.63, 3.8) is 0 Å². The van der Waals surface area contributed by atoms with E-state index in [1.54, 1.807) is 12.3 Å². The first kappa shape index (κ1) is 19.9. The number of anilines is 2. The van der Waals surface area contributed by atoms with Gasteiger partial charge in [0, 0.05) is 31.0 Å². The zero-order valence-electron chi connectivity index (χ0n) is 16.8. The Kier molecular flexibility index (Phi) is 5.39. The lowest BCUT2D eigenvalue weighted by atomic mass is 10.0. The van der Waals surface area contributed by atoms with Crippen LogP contribution in [-0.2, 0) is 11.3 Å². The maximum Gasteiger partial charge on any atom is 0.352 e. The summed E-state index contributed by atoms with van der Waals surface area (Å²) < 4.78 is 21.0. The molecule has 4 rings (SSSR count). The molecule has 0 unspecified atom stereocenters. The fourth-order valence-corrected chi connectivity index (χ4v) is 3.65. The number of benzene rings is 1. The van der Waals surface area contributed by atoms with E-state index in [2.05, 4.69) is 27.2 Å². The molecule has 1 amide bonds. The SMILES string of the molecule is COc1ccc(NC(=O)Cn2nc3nc(N4CCC[C@H](C)C4)ccn3c2=O)cc1F. The maximum atomic E-state index is 13.8. The lowest BCUT2D eigenvalue weighted by Gasteiger charge is -2.31. The number of carbonyl (C=O) groups is 1. The molecular formula is C20H23FN6O3. The first-order chi connectivity index (χ1) is 14.4. The van der Waals surface area contributed by atoms with Gasteiger partial charge < -0.3 is 15.0 Å². The molecule has 0 saturated carbocycles. The molecule has 3 aromatic rings. The third-order valence-corrected chi connectivity index (χ3v) is 5.15. The van der Waals surface area contributed by atoms with Gasteiger partial charge in [0.15, 0.2) is 11.6 Å². The summed E-state index contributed by atoms with van der Waals surface area (Å²) in [4.78, 5) is 31.6. The summed E-state index contributed by atoms with van der Waals surface area (Å²) in [7, 11) is 1.36. The molecule has 9 nitrogen and oxygen atoms in total. The number of piperidine rings is 1. The number of nitrogens with one attached hydrogen (secondary N) is 1. The van der Waals surface area contributed by atoms with Crippen LogP contribution in [-0.4, -0.2) is 45.3 Å². The highest BCUT2D eigenvalue weighted by molar-refractivity contribution is 5.90. The average Bonchev–Trinajstić information content (AvgIpc) is 3.03. The topological polar surface area (TPSA) is 93.8 Å². The van der Waals surface area contributed by atoms with Gasteiger partial charge in [-0.3, -0.25) is 4.79 Å². The molecular weight excluding hydrogens is 391 g/mol. The number of nitrogens with zero attached hydrogens (tertiary/aromatic N) is 5. The van der Waals surface area contributed by atoms with Crippen LogP contribution in [0.3, 0.4) is 0 Å². The Morgan fingerprint density at radius 1 is 1.37 bits per heavy atom. The number of aromatic nitrogens is 4. The van der Waals surface area contributed by atoms with Gasteiger partial charge in [-0.15, -0.1) is 5.10 Å². The number of hydrogen-bond donors (Lipinski definition) is 1. The average molecular weight is 414 g/mol. The normalized spacial score (nSPS) is 16.6. The molecule has 1 N–H and O–H groups in total. The number of carbonyl (C=O) groups excluding carboxylic acids is 1. The Labute approximate surface area is 172 Å². The van der Waals surface area contributed by atoms with Crippen molar-refractivity contribution in [2.75, 3.05) is 30.4 Å². The third-order valence-electron chi connectivity index (χ3n) is 5.15. The number of methoxy groups -OCH3 is 1. The maximum absolute atomic E-state index is 13.8. The van der Waals surface area contributed by atoms with Crippen molar-refractivity contribution in [3.8, 4) is 5.75 Å². The van der Waals surface area contributed by atoms with E-state index in [0.717, 1.165) is 36.1 Å². The molecule has 2 aromatic heterocycles. The van der Waals surface area contributed by atoms with Gasteiger partial charge in [-0.25, -0.2) is 18.3 Å². The third kappa shape index (κ3) is 3.98. The standard InChI is InChI=1S/C20H23FN6O3/c1-13-4-3-8-25(11-13)17-7-9-26-19(23-17)24-27(20(26)29)12-18(28)22-14-5-6-16(30-2)15(21)10-14/h5-7,9-10,13H,3-4,8,11-12H2,1-2H3,(H,22,28)/t13-/m0/s1. The first-order valence-electron chi connectivity index (χ1n) is 9.79. The Morgan fingerprint density at radius 3 is 2.93 bits per heavy atom. The van der Waals surface area contributed by atoms with Crippen molar-refractivity contribution < 1.29 is 13.9 Å². The molecule has 1 aliphatic rings. The van der Waals surface area contributed by atoms with Gasteiger partial charge in [-0.2, -0.15) is 4.98 Å². The zero-order chi connectivity index (χ0) is 21.3. The van der Waals surface area contributed by atoms with Crippen LogP contribution in [0.4, 0.5) is 15.9 Å². The molecule has 1 saturated heterocycles. The van der Waals surface area contributed by atoms with E-state index in [9.17, 15) is 14.0 Å². The fourth-order valence-electron chi connectivity index (χ4n) is 3.65. The van der Waals surface area contributed by atoms with Crippen LogP contribution in [0, 0.1) is 11.7 Å². The van der Waals surface area contributed by atoms with Crippen molar-refractivity contribution in [1.29, 1.82) is 0 Å². The van der Waals surface area contributed by atoms with Crippen molar-refractivity contribution in [1.82, 2.24) is 19.2 Å². The Hall–Kier alpha value is -3.43. The molecule has 1 aromatic carbocycles. The van der Waals surface area contributed by atoms with Crippen molar-refractivity contribution in [2.24, 2.45) is 5.92 Å². The van der Waals surface area contributed by atoms with E-state index in [1.165, 1.54) is 30.1 Å². The minimum absolute atomic E-state index is 0.0783. The van der Waals surface area contributed by atoms with Gasteiger partial charge in [0.05, 0.1) is 7.11 Å². The van der Waals surface area contributed by atoms with Crippen LogP contribution in [0.15, 0.2) is 35.3 Å². The number of hydrogen-bond acceptors (Lipinski definition) is 6. The molecule has 1 aliphatic heterocycles. The highest BCUT2D eigenvalue weighted by Crippen LogP contribution is 2.22. The van der Waals surface area contributed by atoms with E-state index in [1.807, 2.05) is 0 Å². The van der Waals surface area contributed by atoms with Gasteiger partial charge in [-0.05, 0) is 37.0 Å². The molecule has 0 bridgehead atoms. The lowest BCUT2D eigenvalue weighted by molar-refractivity contribution is -0.117. The van der Waals surface area contributed by atoms with E-state index >= 15 is 0 Å². The van der Waals surface area contributed by atoms with Crippen LogP contribution in [0.2, 0.25) is 0 Å². The fraction of sp³-hybridized carbons (Fsp3) is 0.400. The van der Waals surface area contributed by atoms with Gasteiger partial charge in [0.2, 0.25) is 5.91 Å². The Balaban J connectivity index is 1.51. The number of ether oxygens (including phenoxy) is 1. The zero-order valence-corrected chi connectivity index (χ0v) is 16.8. The molecule has 158 valence electrons. The Morgan fingerprint density at radius 2 is 2.20 bits per heavy atom. The summed E-state index contributed by atoms with van der Waals surface area (Å²) in [6, 6.07) is 5.87. The predicted octanol–water partition coefficient (Wildman–Crippen LogP) is 1.91. The monoisotopic (exact) mass is 414 g/mol. The second-order valence-electron chi connectivity index (χ2n) is 7.49. The van der Waals surface area contributed by atoms with Gasteiger partial charge >= 0.3 is 5.69 Å². The summed E-state index contributed by atoms with van der Waals surface area (Å²) in [5.74, 6) is 0.569. The summed E-state index contributed by atoms with van der Waals surface area (Å²) in [5, 5.41) is 6.74. The quantitative estimate of drug-likeness (QED) is 0.686. The van der Waals surface area contributed by atoms with Crippen molar-refractivity contribution in [3.05, 3.63) is 46.8 Å². The largest absolute Gasteiger partial charge is 0.494 e. The summed E-state index contributed by atoms with van der Waals surface area (Å²) in [6.45, 7) is 3.72. The molecule has 3 heterocycles. The first-order valence-corrected chi connectivity index (χ1v) is 9.79. The second kappa shape index (κ2) is 8.13. The van der Waals surface area contributed by atoms with Crippen LogP contribution in [0.5, 0.6) is 5.75 Å². The molecule has 1 atom stereocenters. The van der Waals surface area contributed by atoms with Crippen LogP contribution < -0.4 is 20.6 Å². The molecule has 10 heteroatoms. The summed E-state index contributed by atoms with van der Waals surface area (Å²) in [6.07, 6.45) is 3.92. The van der Waals surface area contributed by atoms with Gasteiger partial charge in [-0.1, -0.05) is 6.92 Å². The van der Waals surface area contributed by atoms with E-state index in [-0.39, 0.29) is 23.8 Å².